The van der Waals surface area contributed by atoms with Crippen LogP contribution in [0.25, 0.3) is 11.0 Å². The first-order valence-electron chi connectivity index (χ1n) is 12.4. The van der Waals surface area contributed by atoms with Gasteiger partial charge in [-0.2, -0.15) is 0 Å². The predicted molar refractivity (Wildman–Crippen MR) is 123 cm³/mol. The molecule has 1 saturated heterocycles. The molecule has 6 heteroatoms. The van der Waals surface area contributed by atoms with Crippen LogP contribution in [-0.2, 0) is 22.4 Å². The standard InChI is InChI=1S/C26H34N2O4/c29-25(28-14-12-19(13-15-28)27-26(30)18-6-2-1-3-7-18)17-31-20-10-11-24-22(16-20)21-8-4-5-9-23(21)32-24/h10-11,16,18-19H,1-9,12-15,17H2,(H,27,30). The lowest BCUT2D eigenvalue weighted by molar-refractivity contribution is -0.134. The van der Waals surface area contributed by atoms with E-state index in [9.17, 15) is 9.59 Å². The van der Waals surface area contributed by atoms with Gasteiger partial charge in [0.25, 0.3) is 5.91 Å². The topological polar surface area (TPSA) is 71.8 Å². The number of nitrogens with one attached hydrogen (secondary N) is 1. The summed E-state index contributed by atoms with van der Waals surface area (Å²) in [5.74, 6) is 2.24. The summed E-state index contributed by atoms with van der Waals surface area (Å²) in [5.41, 5.74) is 2.22. The van der Waals surface area contributed by atoms with E-state index in [1.165, 1.54) is 37.7 Å². The van der Waals surface area contributed by atoms with Gasteiger partial charge < -0.3 is 19.4 Å². The Hall–Kier alpha value is -2.50. The SMILES string of the molecule is O=C(NC1CCN(C(=O)COc2ccc3oc4c(c3c2)CCCC4)CC1)C1CCCCC1. The second-order valence-corrected chi connectivity index (χ2v) is 9.66. The van der Waals surface area contributed by atoms with Crippen LogP contribution >= 0.6 is 0 Å². The third kappa shape index (κ3) is 4.64. The lowest BCUT2D eigenvalue weighted by Gasteiger charge is -2.33. The Bertz CT molecular complexity index is 968. The van der Waals surface area contributed by atoms with Crippen molar-refractivity contribution in [2.45, 2.75) is 76.7 Å². The number of carbonyl (C=O) groups is 2. The molecule has 5 rings (SSSR count). The Balaban J connectivity index is 1.10. The second-order valence-electron chi connectivity index (χ2n) is 9.66. The number of hydrogen-bond acceptors (Lipinski definition) is 4. The molecule has 0 atom stereocenters. The van der Waals surface area contributed by atoms with Crippen molar-refractivity contribution in [3.63, 3.8) is 0 Å². The summed E-state index contributed by atoms with van der Waals surface area (Å²) < 4.78 is 11.8. The number of rotatable bonds is 5. The Kier molecular flexibility index (Phi) is 6.37. The van der Waals surface area contributed by atoms with Crippen LogP contribution in [0.15, 0.2) is 22.6 Å². The zero-order valence-electron chi connectivity index (χ0n) is 18.9. The maximum atomic E-state index is 12.7. The number of piperidine rings is 1. The van der Waals surface area contributed by atoms with E-state index in [1.54, 1.807) is 0 Å². The highest BCUT2D eigenvalue weighted by atomic mass is 16.5. The van der Waals surface area contributed by atoms with Crippen LogP contribution < -0.4 is 10.1 Å². The van der Waals surface area contributed by atoms with Gasteiger partial charge in [-0.15, -0.1) is 0 Å². The second kappa shape index (κ2) is 9.55. The lowest BCUT2D eigenvalue weighted by atomic mass is 9.88. The molecule has 2 heterocycles. The maximum absolute atomic E-state index is 12.7. The molecule has 1 aromatic heterocycles. The highest BCUT2D eigenvalue weighted by molar-refractivity contribution is 5.84. The molecule has 32 heavy (non-hydrogen) atoms. The van der Waals surface area contributed by atoms with E-state index in [-0.39, 0.29) is 30.4 Å². The highest BCUT2D eigenvalue weighted by Gasteiger charge is 2.27. The fourth-order valence-electron chi connectivity index (χ4n) is 5.52. The van der Waals surface area contributed by atoms with Crippen molar-refractivity contribution in [1.82, 2.24) is 10.2 Å². The van der Waals surface area contributed by atoms with Crippen molar-refractivity contribution in [2.24, 2.45) is 5.92 Å². The van der Waals surface area contributed by atoms with E-state index < -0.39 is 0 Å². The molecule has 0 unspecified atom stereocenters. The van der Waals surface area contributed by atoms with Crippen molar-refractivity contribution in [1.29, 1.82) is 0 Å². The Morgan fingerprint density at radius 1 is 1.00 bits per heavy atom. The van der Waals surface area contributed by atoms with Gasteiger partial charge in [-0.05, 0) is 63.1 Å². The van der Waals surface area contributed by atoms with Gasteiger partial charge in [0.2, 0.25) is 5.91 Å². The Labute approximate surface area is 189 Å². The van der Waals surface area contributed by atoms with Crippen LogP contribution in [0.4, 0.5) is 0 Å². The van der Waals surface area contributed by atoms with Gasteiger partial charge in [-0.25, -0.2) is 0 Å². The van der Waals surface area contributed by atoms with Gasteiger partial charge in [0, 0.05) is 42.4 Å². The number of likely N-dealkylation sites (tertiary alicyclic amines) is 1. The number of ether oxygens (including phenoxy) is 1. The average Bonchev–Trinajstić information content (AvgIpc) is 3.21. The number of aryl methyl sites for hydroxylation is 2. The van der Waals surface area contributed by atoms with Crippen LogP contribution in [0.1, 0.15) is 69.1 Å². The molecule has 2 aliphatic carbocycles. The maximum Gasteiger partial charge on any atom is 0.260 e. The van der Waals surface area contributed by atoms with E-state index in [1.807, 2.05) is 23.1 Å². The minimum Gasteiger partial charge on any atom is -0.484 e. The molecule has 2 fully saturated rings. The molecule has 1 aliphatic heterocycles. The van der Waals surface area contributed by atoms with Crippen molar-refractivity contribution in [2.75, 3.05) is 19.7 Å². The van der Waals surface area contributed by atoms with Gasteiger partial charge in [-0.3, -0.25) is 9.59 Å². The summed E-state index contributed by atoms with van der Waals surface area (Å²) in [6.45, 7) is 1.39. The number of nitrogens with zero attached hydrogens (tertiary/aromatic N) is 1. The first-order chi connectivity index (χ1) is 15.7. The summed E-state index contributed by atoms with van der Waals surface area (Å²) in [4.78, 5) is 27.0. The van der Waals surface area contributed by atoms with Crippen LogP contribution in [-0.4, -0.2) is 42.5 Å². The van der Waals surface area contributed by atoms with Crippen molar-refractivity contribution >= 4 is 22.8 Å². The number of fused-ring (bicyclic) bond motifs is 3. The third-order valence-electron chi connectivity index (χ3n) is 7.46. The van der Waals surface area contributed by atoms with Crippen molar-refractivity contribution in [3.05, 3.63) is 29.5 Å². The zero-order valence-corrected chi connectivity index (χ0v) is 18.9. The third-order valence-corrected chi connectivity index (χ3v) is 7.46. The first-order valence-corrected chi connectivity index (χ1v) is 12.4. The summed E-state index contributed by atoms with van der Waals surface area (Å²) >= 11 is 0. The van der Waals surface area contributed by atoms with E-state index in [0.717, 1.165) is 61.0 Å². The Morgan fingerprint density at radius 3 is 2.59 bits per heavy atom. The fraction of sp³-hybridized carbons (Fsp3) is 0.615. The van der Waals surface area contributed by atoms with Gasteiger partial charge in [0.05, 0.1) is 0 Å². The average molecular weight is 439 g/mol. The van der Waals surface area contributed by atoms with Crippen LogP contribution in [0, 0.1) is 5.92 Å². The summed E-state index contributed by atoms with van der Waals surface area (Å²) in [6.07, 6.45) is 11.7. The lowest BCUT2D eigenvalue weighted by Crippen LogP contribution is -2.48. The molecule has 1 saturated carbocycles. The minimum atomic E-state index is 0.0105. The summed E-state index contributed by atoms with van der Waals surface area (Å²) in [5, 5.41) is 4.35. The monoisotopic (exact) mass is 438 g/mol. The quantitative estimate of drug-likeness (QED) is 0.752. The smallest absolute Gasteiger partial charge is 0.260 e. The van der Waals surface area contributed by atoms with Crippen molar-refractivity contribution < 1.29 is 18.7 Å². The van der Waals surface area contributed by atoms with E-state index in [2.05, 4.69) is 5.32 Å². The number of benzene rings is 1. The van der Waals surface area contributed by atoms with E-state index in [4.69, 9.17) is 9.15 Å². The fourth-order valence-corrected chi connectivity index (χ4v) is 5.52. The number of carbonyl (C=O) groups excluding carboxylic acids is 2. The Morgan fingerprint density at radius 2 is 1.78 bits per heavy atom. The molecule has 1 aromatic carbocycles. The molecule has 0 radical (unpaired) electrons. The molecule has 0 bridgehead atoms. The largest absolute Gasteiger partial charge is 0.484 e. The summed E-state index contributed by atoms with van der Waals surface area (Å²) in [7, 11) is 0. The van der Waals surface area contributed by atoms with Gasteiger partial charge in [-0.1, -0.05) is 19.3 Å². The van der Waals surface area contributed by atoms with Gasteiger partial charge >= 0.3 is 0 Å². The summed E-state index contributed by atoms with van der Waals surface area (Å²) in [6, 6.07) is 6.04. The molecule has 3 aliphatic rings. The molecule has 1 N–H and O–H groups in total. The molecule has 2 amide bonds. The number of hydrogen-bond donors (Lipinski definition) is 1. The van der Waals surface area contributed by atoms with Crippen LogP contribution in [0.5, 0.6) is 5.75 Å². The number of amides is 2. The van der Waals surface area contributed by atoms with Gasteiger partial charge in [0.1, 0.15) is 17.1 Å². The van der Waals surface area contributed by atoms with Gasteiger partial charge in [0.15, 0.2) is 6.61 Å². The van der Waals surface area contributed by atoms with Crippen LogP contribution in [0.3, 0.4) is 0 Å². The molecule has 6 nitrogen and oxygen atoms in total. The van der Waals surface area contributed by atoms with E-state index in [0.29, 0.717) is 13.1 Å². The molecular weight excluding hydrogens is 404 g/mol. The molecular formula is C26H34N2O4. The minimum absolute atomic E-state index is 0.0105. The van der Waals surface area contributed by atoms with E-state index >= 15 is 0 Å². The normalized spacial score (nSPS) is 20.2. The van der Waals surface area contributed by atoms with Crippen molar-refractivity contribution in [3.8, 4) is 5.75 Å². The first kappa shape index (κ1) is 21.4. The zero-order chi connectivity index (χ0) is 21.9. The number of furan rings is 1. The predicted octanol–water partition coefficient (Wildman–Crippen LogP) is 4.38. The molecule has 172 valence electrons. The molecule has 2 aromatic rings. The highest BCUT2D eigenvalue weighted by Crippen LogP contribution is 2.34. The van der Waals surface area contributed by atoms with Crippen LogP contribution in [0.2, 0.25) is 0 Å². The molecule has 0 spiro atoms.